The molecule has 146 valence electrons. The van der Waals surface area contributed by atoms with E-state index in [1.54, 1.807) is 30.3 Å². The number of hydrogen-bond acceptors (Lipinski definition) is 3. The molecule has 1 amide bonds. The van der Waals surface area contributed by atoms with Crippen LogP contribution in [-0.2, 0) is 17.9 Å². The van der Waals surface area contributed by atoms with E-state index in [1.807, 2.05) is 47.0 Å². The predicted molar refractivity (Wildman–Crippen MR) is 109 cm³/mol. The molecule has 0 aliphatic rings. The van der Waals surface area contributed by atoms with Crippen molar-refractivity contribution < 1.29 is 13.9 Å². The van der Waals surface area contributed by atoms with Gasteiger partial charge in [-0.3, -0.25) is 4.79 Å². The number of benzene rings is 3. The third-order valence-electron chi connectivity index (χ3n) is 4.58. The molecule has 29 heavy (non-hydrogen) atoms. The molecule has 0 atom stereocenters. The third-order valence-corrected chi connectivity index (χ3v) is 4.58. The van der Waals surface area contributed by atoms with Gasteiger partial charge in [0, 0.05) is 5.56 Å². The highest BCUT2D eigenvalue weighted by atomic mass is 19.1. The molecule has 1 aromatic heterocycles. The van der Waals surface area contributed by atoms with Crippen molar-refractivity contribution in [3.63, 3.8) is 0 Å². The summed E-state index contributed by atoms with van der Waals surface area (Å²) >= 11 is 0. The second-order valence-electron chi connectivity index (χ2n) is 6.57. The van der Waals surface area contributed by atoms with Crippen molar-refractivity contribution in [1.29, 1.82) is 0 Å². The zero-order chi connectivity index (χ0) is 20.1. The number of fused-ring (bicyclic) bond motifs is 1. The number of hydrogen-bond donors (Lipinski definition) is 1. The van der Waals surface area contributed by atoms with Gasteiger partial charge in [0.25, 0.3) is 5.91 Å². The SMILES string of the molecule is O=C(COc1ccccc1)NCc1nc2ccccc2n1Cc1ccccc1F. The van der Waals surface area contributed by atoms with E-state index in [0.29, 0.717) is 23.7 Å². The molecule has 0 saturated heterocycles. The molecule has 0 bridgehead atoms. The Kier molecular flexibility index (Phi) is 5.52. The van der Waals surface area contributed by atoms with Gasteiger partial charge in [-0.15, -0.1) is 0 Å². The second-order valence-corrected chi connectivity index (χ2v) is 6.57. The maximum absolute atomic E-state index is 14.2. The van der Waals surface area contributed by atoms with Crippen LogP contribution in [0.4, 0.5) is 4.39 Å². The van der Waals surface area contributed by atoms with E-state index in [9.17, 15) is 9.18 Å². The lowest BCUT2D eigenvalue weighted by Crippen LogP contribution is -2.29. The first-order chi connectivity index (χ1) is 14.2. The summed E-state index contributed by atoms with van der Waals surface area (Å²) in [5.41, 5.74) is 2.25. The molecule has 0 aliphatic heterocycles. The van der Waals surface area contributed by atoms with Gasteiger partial charge in [-0.1, -0.05) is 48.5 Å². The fourth-order valence-corrected chi connectivity index (χ4v) is 3.13. The fourth-order valence-electron chi connectivity index (χ4n) is 3.13. The molecule has 1 N–H and O–H groups in total. The average molecular weight is 389 g/mol. The van der Waals surface area contributed by atoms with Crippen LogP contribution in [0, 0.1) is 5.82 Å². The third kappa shape index (κ3) is 4.43. The second kappa shape index (κ2) is 8.56. The Balaban J connectivity index is 1.49. The molecule has 4 aromatic rings. The highest BCUT2D eigenvalue weighted by Crippen LogP contribution is 2.19. The molecule has 0 fully saturated rings. The first-order valence-corrected chi connectivity index (χ1v) is 9.33. The molecule has 0 radical (unpaired) electrons. The Morgan fingerprint density at radius 3 is 2.52 bits per heavy atom. The monoisotopic (exact) mass is 389 g/mol. The summed E-state index contributed by atoms with van der Waals surface area (Å²) in [5.74, 6) is 0.770. The van der Waals surface area contributed by atoms with Gasteiger partial charge in [-0.05, 0) is 30.3 Å². The van der Waals surface area contributed by atoms with E-state index in [4.69, 9.17) is 4.74 Å². The van der Waals surface area contributed by atoms with Gasteiger partial charge in [0.1, 0.15) is 17.4 Å². The maximum atomic E-state index is 14.2. The molecular weight excluding hydrogens is 369 g/mol. The largest absolute Gasteiger partial charge is 0.484 e. The number of imidazole rings is 1. The van der Waals surface area contributed by atoms with E-state index < -0.39 is 0 Å². The Morgan fingerprint density at radius 1 is 0.966 bits per heavy atom. The van der Waals surface area contributed by atoms with Crippen LogP contribution in [0.25, 0.3) is 11.0 Å². The predicted octanol–water partition coefficient (Wildman–Crippen LogP) is 3.92. The Labute approximate surface area is 167 Å². The molecule has 0 spiro atoms. The molecule has 0 unspecified atom stereocenters. The van der Waals surface area contributed by atoms with E-state index in [1.165, 1.54) is 6.07 Å². The Morgan fingerprint density at radius 2 is 1.69 bits per heavy atom. The summed E-state index contributed by atoms with van der Waals surface area (Å²) in [5, 5.41) is 2.83. The molecule has 5 nitrogen and oxygen atoms in total. The van der Waals surface area contributed by atoms with Crippen LogP contribution in [-0.4, -0.2) is 22.1 Å². The van der Waals surface area contributed by atoms with E-state index in [2.05, 4.69) is 10.3 Å². The topological polar surface area (TPSA) is 56.1 Å². The van der Waals surface area contributed by atoms with Crippen LogP contribution in [0.2, 0.25) is 0 Å². The van der Waals surface area contributed by atoms with Gasteiger partial charge in [-0.2, -0.15) is 0 Å². The summed E-state index contributed by atoms with van der Waals surface area (Å²) in [7, 11) is 0. The molecule has 1 heterocycles. The normalized spacial score (nSPS) is 10.8. The molecule has 0 aliphatic carbocycles. The van der Waals surface area contributed by atoms with Gasteiger partial charge >= 0.3 is 0 Å². The van der Waals surface area contributed by atoms with Crippen LogP contribution in [0.5, 0.6) is 5.75 Å². The lowest BCUT2D eigenvalue weighted by atomic mass is 10.2. The summed E-state index contributed by atoms with van der Waals surface area (Å²) in [6, 6.07) is 23.5. The number of carbonyl (C=O) groups excluding carboxylic acids is 1. The number of halogens is 1. The van der Waals surface area contributed by atoms with Crippen molar-refractivity contribution in [3.8, 4) is 5.75 Å². The minimum atomic E-state index is -0.267. The van der Waals surface area contributed by atoms with Gasteiger partial charge in [0.05, 0.1) is 24.1 Å². The number of nitrogens with one attached hydrogen (secondary N) is 1. The van der Waals surface area contributed by atoms with Gasteiger partial charge in [0.2, 0.25) is 0 Å². The minimum Gasteiger partial charge on any atom is -0.484 e. The number of para-hydroxylation sites is 3. The molecule has 4 rings (SSSR count). The number of nitrogens with zero attached hydrogens (tertiary/aromatic N) is 2. The highest BCUT2D eigenvalue weighted by Gasteiger charge is 2.13. The summed E-state index contributed by atoms with van der Waals surface area (Å²) in [6.45, 7) is 0.469. The highest BCUT2D eigenvalue weighted by molar-refractivity contribution is 5.78. The smallest absolute Gasteiger partial charge is 0.258 e. The number of aromatic nitrogens is 2. The van der Waals surface area contributed by atoms with Crippen LogP contribution >= 0.6 is 0 Å². The van der Waals surface area contributed by atoms with Crippen LogP contribution < -0.4 is 10.1 Å². The zero-order valence-corrected chi connectivity index (χ0v) is 15.7. The quantitative estimate of drug-likeness (QED) is 0.521. The summed E-state index contributed by atoms with van der Waals surface area (Å²) < 4.78 is 21.6. The first-order valence-electron chi connectivity index (χ1n) is 9.33. The zero-order valence-electron chi connectivity index (χ0n) is 15.7. The molecule has 0 saturated carbocycles. The van der Waals surface area contributed by atoms with E-state index >= 15 is 0 Å². The fraction of sp³-hybridized carbons (Fsp3) is 0.130. The van der Waals surface area contributed by atoms with Crippen LogP contribution in [0.3, 0.4) is 0 Å². The van der Waals surface area contributed by atoms with Gasteiger partial charge in [-0.25, -0.2) is 9.37 Å². The van der Waals surface area contributed by atoms with Crippen molar-refractivity contribution in [2.45, 2.75) is 13.1 Å². The minimum absolute atomic E-state index is 0.0858. The van der Waals surface area contributed by atoms with Crippen LogP contribution in [0.1, 0.15) is 11.4 Å². The number of rotatable bonds is 7. The lowest BCUT2D eigenvalue weighted by Gasteiger charge is -2.11. The Bertz CT molecular complexity index is 1130. The molecular formula is C23H20FN3O2. The van der Waals surface area contributed by atoms with Crippen molar-refractivity contribution >= 4 is 16.9 Å². The van der Waals surface area contributed by atoms with Crippen LogP contribution in [0.15, 0.2) is 78.9 Å². The maximum Gasteiger partial charge on any atom is 0.258 e. The van der Waals surface area contributed by atoms with E-state index in [-0.39, 0.29) is 24.9 Å². The summed E-state index contributed by atoms with van der Waals surface area (Å²) in [4.78, 5) is 16.8. The van der Waals surface area contributed by atoms with Crippen molar-refractivity contribution in [2.75, 3.05) is 6.61 Å². The van der Waals surface area contributed by atoms with Crippen molar-refractivity contribution in [1.82, 2.24) is 14.9 Å². The van der Waals surface area contributed by atoms with E-state index in [0.717, 1.165) is 11.0 Å². The van der Waals surface area contributed by atoms with Gasteiger partial charge < -0.3 is 14.6 Å². The first kappa shape index (κ1) is 18.7. The average Bonchev–Trinajstić information content (AvgIpc) is 3.10. The number of amides is 1. The Hall–Kier alpha value is -3.67. The lowest BCUT2D eigenvalue weighted by molar-refractivity contribution is -0.123. The number of carbonyl (C=O) groups is 1. The standard InChI is InChI=1S/C23H20FN3O2/c24-19-11-5-4-8-17(19)15-27-21-13-7-6-12-20(21)26-22(27)14-25-23(28)16-29-18-9-2-1-3-10-18/h1-13H,14-16H2,(H,25,28). The summed E-state index contributed by atoms with van der Waals surface area (Å²) in [6.07, 6.45) is 0. The molecule has 6 heteroatoms. The van der Waals surface area contributed by atoms with Gasteiger partial charge in [0.15, 0.2) is 6.61 Å². The number of ether oxygens (including phenoxy) is 1. The van der Waals surface area contributed by atoms with Crippen molar-refractivity contribution in [2.24, 2.45) is 0 Å². The molecule has 3 aromatic carbocycles. The van der Waals surface area contributed by atoms with Crippen molar-refractivity contribution in [3.05, 3.63) is 96.1 Å².